The lowest BCUT2D eigenvalue weighted by Gasteiger charge is -2.08. The number of carboxylic acid groups (broad SMARTS) is 1. The van der Waals surface area contributed by atoms with Gasteiger partial charge in [0.05, 0.1) is 5.69 Å². The first-order chi connectivity index (χ1) is 13.1. The highest BCUT2D eigenvalue weighted by Gasteiger charge is 2.17. The number of carboxylic acids is 1. The molecule has 0 saturated carbocycles. The van der Waals surface area contributed by atoms with E-state index in [-0.39, 0.29) is 5.71 Å². The summed E-state index contributed by atoms with van der Waals surface area (Å²) in [5.74, 6) is -0.572. The standard InChI is InChI=1S/C19H16BrN3O3S/c1-26-22-18(19(24)25)16-5-3-2-4-13(16)12-27-17-10-11-23(21-17)15-8-6-14(20)7-9-15/h2-11H,12H2,1H3,(H,24,25). The van der Waals surface area contributed by atoms with Gasteiger partial charge in [0, 0.05) is 22.0 Å². The molecule has 0 unspecified atom stereocenters. The van der Waals surface area contributed by atoms with Crippen LogP contribution in [0.25, 0.3) is 5.69 Å². The number of hydrogen-bond acceptors (Lipinski definition) is 5. The minimum Gasteiger partial charge on any atom is -0.476 e. The van der Waals surface area contributed by atoms with Crippen molar-refractivity contribution < 1.29 is 14.7 Å². The van der Waals surface area contributed by atoms with Crippen LogP contribution in [0.15, 0.2) is 75.4 Å². The fourth-order valence-electron chi connectivity index (χ4n) is 2.45. The third kappa shape index (κ3) is 4.78. The average Bonchev–Trinajstić information content (AvgIpc) is 3.14. The molecule has 0 atom stereocenters. The van der Waals surface area contributed by atoms with Crippen molar-refractivity contribution in [1.82, 2.24) is 9.78 Å². The van der Waals surface area contributed by atoms with Gasteiger partial charge in [-0.1, -0.05) is 57.1 Å². The summed E-state index contributed by atoms with van der Waals surface area (Å²) in [7, 11) is 1.33. The fourth-order valence-corrected chi connectivity index (χ4v) is 3.57. The van der Waals surface area contributed by atoms with Gasteiger partial charge >= 0.3 is 5.97 Å². The molecular formula is C19H16BrN3O3S. The maximum absolute atomic E-state index is 11.5. The van der Waals surface area contributed by atoms with Crippen molar-refractivity contribution >= 4 is 39.4 Å². The topological polar surface area (TPSA) is 76.7 Å². The molecule has 8 heteroatoms. The Morgan fingerprint density at radius 3 is 2.67 bits per heavy atom. The average molecular weight is 446 g/mol. The SMILES string of the molecule is CON=C(C(=O)O)c1ccccc1CSc1ccn(-c2ccc(Br)cc2)n1. The van der Waals surface area contributed by atoms with Gasteiger partial charge in [-0.2, -0.15) is 5.10 Å². The van der Waals surface area contributed by atoms with Gasteiger partial charge in [0.25, 0.3) is 0 Å². The van der Waals surface area contributed by atoms with E-state index in [1.807, 2.05) is 48.7 Å². The molecule has 3 rings (SSSR count). The molecule has 27 heavy (non-hydrogen) atoms. The van der Waals surface area contributed by atoms with Crippen LogP contribution in [-0.4, -0.2) is 33.7 Å². The normalized spacial score (nSPS) is 11.4. The van der Waals surface area contributed by atoms with E-state index in [2.05, 4.69) is 31.0 Å². The van der Waals surface area contributed by atoms with Crippen LogP contribution in [0.1, 0.15) is 11.1 Å². The van der Waals surface area contributed by atoms with Gasteiger partial charge < -0.3 is 9.94 Å². The van der Waals surface area contributed by atoms with Gasteiger partial charge in [-0.15, -0.1) is 0 Å². The number of oxime groups is 1. The first-order valence-corrected chi connectivity index (χ1v) is 9.73. The second kappa shape index (κ2) is 8.88. The van der Waals surface area contributed by atoms with E-state index in [0.717, 1.165) is 20.7 Å². The van der Waals surface area contributed by atoms with E-state index < -0.39 is 5.97 Å². The zero-order valence-electron chi connectivity index (χ0n) is 14.4. The highest BCUT2D eigenvalue weighted by molar-refractivity contribution is 9.10. The molecule has 0 aliphatic carbocycles. The summed E-state index contributed by atoms with van der Waals surface area (Å²) in [4.78, 5) is 16.1. The van der Waals surface area contributed by atoms with Crippen molar-refractivity contribution in [2.24, 2.45) is 5.16 Å². The predicted octanol–water partition coefficient (Wildman–Crippen LogP) is 4.36. The molecule has 0 aliphatic heterocycles. The maximum atomic E-state index is 11.5. The second-order valence-electron chi connectivity index (χ2n) is 5.45. The van der Waals surface area contributed by atoms with Crippen molar-refractivity contribution in [1.29, 1.82) is 0 Å². The number of benzene rings is 2. The molecule has 0 saturated heterocycles. The van der Waals surface area contributed by atoms with Crippen molar-refractivity contribution in [3.8, 4) is 5.69 Å². The van der Waals surface area contributed by atoms with Crippen LogP contribution >= 0.6 is 27.7 Å². The van der Waals surface area contributed by atoms with Crippen LogP contribution in [0, 0.1) is 0 Å². The van der Waals surface area contributed by atoms with Crippen molar-refractivity contribution in [3.63, 3.8) is 0 Å². The first kappa shape index (κ1) is 19.2. The molecule has 0 amide bonds. The molecule has 0 aliphatic rings. The monoisotopic (exact) mass is 445 g/mol. The first-order valence-electron chi connectivity index (χ1n) is 7.95. The Morgan fingerprint density at radius 1 is 1.22 bits per heavy atom. The number of aromatic nitrogens is 2. The number of aliphatic carboxylic acids is 1. The minimum atomic E-state index is -1.13. The van der Waals surface area contributed by atoms with Gasteiger partial charge in [0.1, 0.15) is 12.1 Å². The van der Waals surface area contributed by atoms with Crippen LogP contribution in [0.3, 0.4) is 0 Å². The highest BCUT2D eigenvalue weighted by atomic mass is 79.9. The summed E-state index contributed by atoms with van der Waals surface area (Å²) >= 11 is 4.94. The lowest BCUT2D eigenvalue weighted by atomic mass is 10.0. The van der Waals surface area contributed by atoms with E-state index in [1.54, 1.807) is 16.8 Å². The van der Waals surface area contributed by atoms with Crippen LogP contribution in [0.2, 0.25) is 0 Å². The number of hydrogen-bond donors (Lipinski definition) is 1. The van der Waals surface area contributed by atoms with Crippen LogP contribution < -0.4 is 0 Å². The van der Waals surface area contributed by atoms with E-state index >= 15 is 0 Å². The molecule has 0 radical (unpaired) electrons. The smallest absolute Gasteiger partial charge is 0.358 e. The molecular weight excluding hydrogens is 430 g/mol. The summed E-state index contributed by atoms with van der Waals surface area (Å²) in [6, 6.07) is 17.0. The third-order valence-corrected chi connectivity index (χ3v) is 5.19. The Labute approximate surface area is 169 Å². The second-order valence-corrected chi connectivity index (χ2v) is 7.36. The van der Waals surface area contributed by atoms with Crippen LogP contribution in [-0.2, 0) is 15.4 Å². The summed E-state index contributed by atoms with van der Waals surface area (Å²) in [6.45, 7) is 0. The Kier molecular flexibility index (Phi) is 6.31. The van der Waals surface area contributed by atoms with E-state index in [1.165, 1.54) is 18.9 Å². The number of rotatable bonds is 7. The van der Waals surface area contributed by atoms with Gasteiger partial charge in [-0.05, 0) is 35.9 Å². The lowest BCUT2D eigenvalue weighted by Crippen LogP contribution is -2.16. The van der Waals surface area contributed by atoms with E-state index in [0.29, 0.717) is 11.3 Å². The number of thioether (sulfide) groups is 1. The van der Waals surface area contributed by atoms with Gasteiger partial charge in [-0.3, -0.25) is 0 Å². The summed E-state index contributed by atoms with van der Waals surface area (Å²) < 4.78 is 2.81. The summed E-state index contributed by atoms with van der Waals surface area (Å²) in [5.41, 5.74) is 2.23. The fraction of sp³-hybridized carbons (Fsp3) is 0.105. The van der Waals surface area contributed by atoms with Crippen LogP contribution in [0.4, 0.5) is 0 Å². The summed E-state index contributed by atoms with van der Waals surface area (Å²) in [5, 5.41) is 18.4. The molecule has 6 nitrogen and oxygen atoms in total. The number of nitrogens with zero attached hydrogens (tertiary/aromatic N) is 3. The zero-order valence-corrected chi connectivity index (χ0v) is 16.8. The van der Waals surface area contributed by atoms with Crippen LogP contribution in [0.5, 0.6) is 0 Å². The molecule has 2 aromatic carbocycles. The van der Waals surface area contributed by atoms with Crippen molar-refractivity contribution in [3.05, 3.63) is 76.4 Å². The molecule has 1 N–H and O–H groups in total. The summed E-state index contributed by atoms with van der Waals surface area (Å²) in [6.07, 6.45) is 1.90. The predicted molar refractivity (Wildman–Crippen MR) is 108 cm³/mol. The Hall–Kier alpha value is -2.58. The van der Waals surface area contributed by atoms with E-state index in [9.17, 15) is 9.90 Å². The Bertz CT molecular complexity index is 970. The lowest BCUT2D eigenvalue weighted by molar-refractivity contribution is -0.129. The number of halogens is 1. The van der Waals surface area contributed by atoms with Gasteiger partial charge in [-0.25, -0.2) is 9.48 Å². The largest absolute Gasteiger partial charge is 0.476 e. The third-order valence-electron chi connectivity index (χ3n) is 3.69. The molecule has 0 fully saturated rings. The quantitative estimate of drug-likeness (QED) is 0.332. The minimum absolute atomic E-state index is 0.117. The van der Waals surface area contributed by atoms with Gasteiger partial charge in [0.15, 0.2) is 5.71 Å². The van der Waals surface area contributed by atoms with Crippen molar-refractivity contribution in [2.75, 3.05) is 7.11 Å². The molecule has 1 aromatic heterocycles. The Morgan fingerprint density at radius 2 is 1.96 bits per heavy atom. The molecule has 138 valence electrons. The Balaban J connectivity index is 1.77. The zero-order chi connectivity index (χ0) is 19.2. The highest BCUT2D eigenvalue weighted by Crippen LogP contribution is 2.24. The van der Waals surface area contributed by atoms with Crippen molar-refractivity contribution in [2.45, 2.75) is 10.8 Å². The van der Waals surface area contributed by atoms with E-state index in [4.69, 9.17) is 0 Å². The number of carbonyl (C=O) groups is 1. The molecule has 0 spiro atoms. The van der Waals surface area contributed by atoms with Gasteiger partial charge in [0.2, 0.25) is 0 Å². The molecule has 0 bridgehead atoms. The molecule has 1 heterocycles. The molecule has 3 aromatic rings. The maximum Gasteiger partial charge on any atom is 0.358 e.